The summed E-state index contributed by atoms with van der Waals surface area (Å²) in [5, 5.41) is 14.2. The lowest BCUT2D eigenvalue weighted by molar-refractivity contribution is 0.459. The van der Waals surface area contributed by atoms with Crippen LogP contribution in [0.15, 0.2) is 40.3 Å². The van der Waals surface area contributed by atoms with Gasteiger partial charge in [0.2, 0.25) is 0 Å². The average molecular weight is 232 g/mol. The molecule has 2 aromatic rings. The molecule has 0 amide bonds. The lowest BCUT2D eigenvalue weighted by atomic mass is 10.2. The molecule has 0 spiro atoms. The second-order valence-electron chi connectivity index (χ2n) is 3.36. The normalized spacial score (nSPS) is 12.2. The van der Waals surface area contributed by atoms with Gasteiger partial charge in [0.05, 0.1) is 12.3 Å². The molecule has 0 radical (unpaired) electrons. The fraction of sp³-hybridized carbons (Fsp3) is 0.250. The minimum atomic E-state index is -0.352. The average Bonchev–Trinajstić information content (AvgIpc) is 2.96. The van der Waals surface area contributed by atoms with Crippen molar-refractivity contribution in [2.24, 2.45) is 0 Å². The van der Waals surface area contributed by atoms with Crippen LogP contribution >= 0.6 is 11.3 Å². The maximum atomic E-state index is 8.99. The zero-order valence-electron chi connectivity index (χ0n) is 8.72. The Balaban J connectivity index is 1.83. The molecule has 1 N–H and O–H groups in total. The van der Waals surface area contributed by atoms with Gasteiger partial charge in [-0.15, -0.1) is 11.3 Å². The van der Waals surface area contributed by atoms with Crippen molar-refractivity contribution < 1.29 is 4.42 Å². The number of nitriles is 1. The number of rotatable bonds is 5. The molecule has 3 nitrogen and oxygen atoms in total. The molecule has 16 heavy (non-hydrogen) atoms. The topological polar surface area (TPSA) is 49.0 Å². The minimum Gasteiger partial charge on any atom is -0.467 e. The standard InChI is InChI=1S/C12H12N2OS/c13-9-11(12-4-1-7-15-12)14-6-5-10-3-2-8-16-10/h1-4,7-8,11,14H,5-6H2. The smallest absolute Gasteiger partial charge is 0.154 e. The van der Waals surface area contributed by atoms with Crippen molar-refractivity contribution in [2.75, 3.05) is 6.54 Å². The molecule has 2 aromatic heterocycles. The number of nitrogens with one attached hydrogen (secondary N) is 1. The Hall–Kier alpha value is -1.57. The predicted octanol–water partition coefficient (Wildman–Crippen LogP) is 2.74. The van der Waals surface area contributed by atoms with E-state index < -0.39 is 0 Å². The van der Waals surface area contributed by atoms with Crippen molar-refractivity contribution in [2.45, 2.75) is 12.5 Å². The second-order valence-corrected chi connectivity index (χ2v) is 4.39. The zero-order chi connectivity index (χ0) is 11.2. The van der Waals surface area contributed by atoms with Crippen molar-refractivity contribution in [1.29, 1.82) is 5.26 Å². The van der Waals surface area contributed by atoms with Crippen LogP contribution in [0, 0.1) is 11.3 Å². The van der Waals surface area contributed by atoms with E-state index in [-0.39, 0.29) is 6.04 Å². The van der Waals surface area contributed by atoms with E-state index in [0.717, 1.165) is 13.0 Å². The lowest BCUT2D eigenvalue weighted by Crippen LogP contribution is -2.21. The van der Waals surface area contributed by atoms with Crippen LogP contribution in [0.2, 0.25) is 0 Å². The Bertz CT molecular complexity index is 442. The van der Waals surface area contributed by atoms with E-state index in [2.05, 4.69) is 22.8 Å². The van der Waals surface area contributed by atoms with Crippen molar-refractivity contribution in [3.63, 3.8) is 0 Å². The van der Waals surface area contributed by atoms with Gasteiger partial charge < -0.3 is 4.42 Å². The molecule has 0 saturated carbocycles. The summed E-state index contributed by atoms with van der Waals surface area (Å²) in [6, 6.07) is 9.57. The Morgan fingerprint density at radius 2 is 2.38 bits per heavy atom. The Morgan fingerprint density at radius 1 is 1.44 bits per heavy atom. The summed E-state index contributed by atoms with van der Waals surface area (Å²) in [5.41, 5.74) is 0. The molecular formula is C12H12N2OS. The number of nitrogens with zero attached hydrogens (tertiary/aromatic N) is 1. The molecule has 82 valence electrons. The molecule has 1 unspecified atom stereocenters. The van der Waals surface area contributed by atoms with Gasteiger partial charge in [0.15, 0.2) is 6.04 Å². The summed E-state index contributed by atoms with van der Waals surface area (Å²) in [5.74, 6) is 0.675. The summed E-state index contributed by atoms with van der Waals surface area (Å²) in [7, 11) is 0. The highest BCUT2D eigenvalue weighted by atomic mass is 32.1. The lowest BCUT2D eigenvalue weighted by Gasteiger charge is -2.07. The third-order valence-electron chi connectivity index (χ3n) is 2.26. The third kappa shape index (κ3) is 2.72. The fourth-order valence-electron chi connectivity index (χ4n) is 1.46. The van der Waals surface area contributed by atoms with Gasteiger partial charge in [-0.05, 0) is 30.0 Å². The summed E-state index contributed by atoms with van der Waals surface area (Å²) < 4.78 is 5.19. The van der Waals surface area contributed by atoms with Gasteiger partial charge in [-0.1, -0.05) is 6.07 Å². The quantitative estimate of drug-likeness (QED) is 0.862. The van der Waals surface area contributed by atoms with E-state index in [4.69, 9.17) is 9.68 Å². The molecule has 2 heterocycles. The van der Waals surface area contributed by atoms with Crippen LogP contribution in [0.25, 0.3) is 0 Å². The van der Waals surface area contributed by atoms with Crippen LogP contribution < -0.4 is 5.32 Å². The molecule has 1 atom stereocenters. The summed E-state index contributed by atoms with van der Waals surface area (Å²) >= 11 is 1.73. The predicted molar refractivity (Wildman–Crippen MR) is 63.1 cm³/mol. The summed E-state index contributed by atoms with van der Waals surface area (Å²) in [4.78, 5) is 1.32. The first-order chi connectivity index (χ1) is 7.90. The van der Waals surface area contributed by atoms with Gasteiger partial charge in [0.25, 0.3) is 0 Å². The maximum Gasteiger partial charge on any atom is 0.154 e. The van der Waals surface area contributed by atoms with Gasteiger partial charge in [0, 0.05) is 11.4 Å². The molecule has 0 aliphatic heterocycles. The number of hydrogen-bond acceptors (Lipinski definition) is 4. The third-order valence-corrected chi connectivity index (χ3v) is 3.19. The molecule has 0 saturated heterocycles. The van der Waals surface area contributed by atoms with Crippen LogP contribution in [0.3, 0.4) is 0 Å². The van der Waals surface area contributed by atoms with Crippen LogP contribution in [0.1, 0.15) is 16.7 Å². The number of hydrogen-bond donors (Lipinski definition) is 1. The Labute approximate surface area is 98.3 Å². The van der Waals surface area contributed by atoms with Crippen molar-refractivity contribution in [3.05, 3.63) is 46.5 Å². The minimum absolute atomic E-state index is 0.352. The van der Waals surface area contributed by atoms with E-state index in [1.807, 2.05) is 12.1 Å². The first-order valence-electron chi connectivity index (χ1n) is 5.09. The highest BCUT2D eigenvalue weighted by Crippen LogP contribution is 2.13. The van der Waals surface area contributed by atoms with Crippen LogP contribution in [-0.2, 0) is 6.42 Å². The number of thiophene rings is 1. The summed E-state index contributed by atoms with van der Waals surface area (Å²) in [6.07, 6.45) is 2.52. The van der Waals surface area contributed by atoms with E-state index >= 15 is 0 Å². The Kier molecular flexibility index (Phi) is 3.76. The van der Waals surface area contributed by atoms with Gasteiger partial charge in [-0.3, -0.25) is 5.32 Å². The van der Waals surface area contributed by atoms with E-state index in [1.165, 1.54) is 4.88 Å². The highest BCUT2D eigenvalue weighted by Gasteiger charge is 2.11. The summed E-state index contributed by atoms with van der Waals surface area (Å²) in [6.45, 7) is 0.777. The van der Waals surface area contributed by atoms with Crippen molar-refractivity contribution in [3.8, 4) is 6.07 Å². The SMILES string of the molecule is N#CC(NCCc1cccs1)c1ccco1. The van der Waals surface area contributed by atoms with Crippen molar-refractivity contribution >= 4 is 11.3 Å². The van der Waals surface area contributed by atoms with Gasteiger partial charge >= 0.3 is 0 Å². The highest BCUT2D eigenvalue weighted by molar-refractivity contribution is 7.09. The molecule has 0 aliphatic carbocycles. The van der Waals surface area contributed by atoms with E-state index in [1.54, 1.807) is 23.7 Å². The largest absolute Gasteiger partial charge is 0.467 e. The monoisotopic (exact) mass is 232 g/mol. The van der Waals surface area contributed by atoms with Gasteiger partial charge in [-0.2, -0.15) is 5.26 Å². The molecule has 2 rings (SSSR count). The van der Waals surface area contributed by atoms with Gasteiger partial charge in [-0.25, -0.2) is 0 Å². The fourth-order valence-corrected chi connectivity index (χ4v) is 2.17. The zero-order valence-corrected chi connectivity index (χ0v) is 9.54. The van der Waals surface area contributed by atoms with E-state index in [9.17, 15) is 0 Å². The molecule has 4 heteroatoms. The van der Waals surface area contributed by atoms with Gasteiger partial charge in [0.1, 0.15) is 5.76 Å². The molecule has 0 fully saturated rings. The van der Waals surface area contributed by atoms with Crippen LogP contribution in [0.5, 0.6) is 0 Å². The van der Waals surface area contributed by atoms with Crippen LogP contribution in [0.4, 0.5) is 0 Å². The van der Waals surface area contributed by atoms with E-state index in [0.29, 0.717) is 5.76 Å². The first-order valence-corrected chi connectivity index (χ1v) is 5.97. The first kappa shape index (κ1) is 10.9. The number of furan rings is 1. The maximum absolute atomic E-state index is 8.99. The Morgan fingerprint density at radius 3 is 3.00 bits per heavy atom. The molecule has 0 aliphatic rings. The van der Waals surface area contributed by atoms with Crippen LogP contribution in [-0.4, -0.2) is 6.54 Å². The molecule has 0 aromatic carbocycles. The molecular weight excluding hydrogens is 220 g/mol. The van der Waals surface area contributed by atoms with Crippen molar-refractivity contribution in [1.82, 2.24) is 5.32 Å². The molecule has 0 bridgehead atoms. The second kappa shape index (κ2) is 5.50.